The van der Waals surface area contributed by atoms with Crippen LogP contribution in [0.5, 0.6) is 0 Å². The van der Waals surface area contributed by atoms with Gasteiger partial charge in [-0.2, -0.15) is 8.75 Å². The molecule has 134 valence electrons. The van der Waals surface area contributed by atoms with Crippen LogP contribution in [-0.4, -0.2) is 27.2 Å². The number of aromatic nitrogens is 2. The van der Waals surface area contributed by atoms with Crippen LogP contribution in [0, 0.1) is 0 Å². The van der Waals surface area contributed by atoms with Crippen LogP contribution in [0.4, 0.5) is 5.69 Å². The van der Waals surface area contributed by atoms with Crippen molar-refractivity contribution in [2.24, 2.45) is 0 Å². The van der Waals surface area contributed by atoms with E-state index < -0.39 is 18.5 Å². The van der Waals surface area contributed by atoms with Crippen molar-refractivity contribution in [3.05, 3.63) is 64.5 Å². The molecule has 2 aromatic carbocycles. The molecule has 0 aliphatic carbocycles. The minimum absolute atomic E-state index is 0.266. The Labute approximate surface area is 155 Å². The van der Waals surface area contributed by atoms with Gasteiger partial charge in [0.25, 0.3) is 5.91 Å². The van der Waals surface area contributed by atoms with Crippen LogP contribution >= 0.6 is 11.7 Å². The van der Waals surface area contributed by atoms with Gasteiger partial charge in [-0.25, -0.2) is 4.79 Å². The van der Waals surface area contributed by atoms with E-state index in [4.69, 9.17) is 9.15 Å². The fourth-order valence-electron chi connectivity index (χ4n) is 2.50. The molecule has 0 aliphatic rings. The lowest BCUT2D eigenvalue weighted by molar-refractivity contribution is -0.119. The van der Waals surface area contributed by atoms with E-state index in [-0.39, 0.29) is 16.8 Å². The number of carbonyl (C=O) groups is 2. The molecule has 0 radical (unpaired) electrons. The summed E-state index contributed by atoms with van der Waals surface area (Å²) in [5.74, 6) is -1.72. The fourth-order valence-corrected chi connectivity index (χ4v) is 3.05. The van der Waals surface area contributed by atoms with Gasteiger partial charge in [0.15, 0.2) is 12.0 Å². The summed E-state index contributed by atoms with van der Waals surface area (Å²) >= 11 is 1.03. The maximum atomic E-state index is 12.1. The van der Waals surface area contributed by atoms with Crippen molar-refractivity contribution in [3.8, 4) is 0 Å². The molecule has 4 rings (SSSR count). The van der Waals surface area contributed by atoms with Gasteiger partial charge in [0.05, 0.1) is 22.8 Å². The molecular weight excluding hydrogens is 370 g/mol. The van der Waals surface area contributed by atoms with Gasteiger partial charge >= 0.3 is 5.97 Å². The Morgan fingerprint density at radius 1 is 1.11 bits per heavy atom. The van der Waals surface area contributed by atoms with Gasteiger partial charge in [0, 0.05) is 6.07 Å². The third-order valence-corrected chi connectivity index (χ3v) is 4.27. The first-order chi connectivity index (χ1) is 13.1. The van der Waals surface area contributed by atoms with Gasteiger partial charge < -0.3 is 14.5 Å². The third-order valence-electron chi connectivity index (χ3n) is 3.73. The normalized spacial score (nSPS) is 10.8. The van der Waals surface area contributed by atoms with Crippen LogP contribution in [-0.2, 0) is 9.53 Å². The Kier molecular flexibility index (Phi) is 4.35. The first-order valence-electron chi connectivity index (χ1n) is 7.83. The third kappa shape index (κ3) is 3.40. The zero-order valence-electron chi connectivity index (χ0n) is 13.7. The summed E-state index contributed by atoms with van der Waals surface area (Å²) in [6.07, 6.45) is 0. The molecule has 0 atom stereocenters. The minimum atomic E-state index is -0.901. The smallest absolute Gasteiger partial charge is 0.374 e. The van der Waals surface area contributed by atoms with E-state index in [1.165, 1.54) is 0 Å². The first kappa shape index (κ1) is 16.9. The SMILES string of the molecule is O=C(COC(=O)c1cc(=O)c2ccccc2o1)Nc1cccc2nsnc12. The topological polar surface area (TPSA) is 111 Å². The fraction of sp³-hybridized carbons (Fsp3) is 0.0556. The molecule has 0 aliphatic heterocycles. The van der Waals surface area contributed by atoms with Gasteiger partial charge in [-0.3, -0.25) is 9.59 Å². The zero-order valence-corrected chi connectivity index (χ0v) is 14.5. The second-order valence-electron chi connectivity index (χ2n) is 5.53. The van der Waals surface area contributed by atoms with Crippen molar-refractivity contribution in [1.82, 2.24) is 8.75 Å². The maximum absolute atomic E-state index is 12.1. The number of ether oxygens (including phenoxy) is 1. The van der Waals surface area contributed by atoms with Crippen LogP contribution in [0.2, 0.25) is 0 Å². The Morgan fingerprint density at radius 2 is 1.96 bits per heavy atom. The summed E-state index contributed by atoms with van der Waals surface area (Å²) < 4.78 is 18.5. The van der Waals surface area contributed by atoms with Crippen molar-refractivity contribution >= 4 is 51.3 Å². The Morgan fingerprint density at radius 3 is 2.85 bits per heavy atom. The molecule has 4 aromatic rings. The molecule has 1 amide bonds. The van der Waals surface area contributed by atoms with E-state index >= 15 is 0 Å². The number of rotatable bonds is 4. The van der Waals surface area contributed by atoms with E-state index in [1.807, 2.05) is 0 Å². The molecule has 0 saturated carbocycles. The lowest BCUT2D eigenvalue weighted by Crippen LogP contribution is -2.21. The van der Waals surface area contributed by atoms with E-state index in [0.717, 1.165) is 17.8 Å². The molecule has 0 spiro atoms. The van der Waals surface area contributed by atoms with Crippen LogP contribution < -0.4 is 10.7 Å². The molecule has 27 heavy (non-hydrogen) atoms. The molecule has 0 fully saturated rings. The summed E-state index contributed by atoms with van der Waals surface area (Å²) in [6, 6.07) is 12.8. The molecular formula is C18H11N3O5S. The van der Waals surface area contributed by atoms with Crippen molar-refractivity contribution in [1.29, 1.82) is 0 Å². The van der Waals surface area contributed by atoms with E-state index in [1.54, 1.807) is 42.5 Å². The Bertz CT molecular complexity index is 1230. The van der Waals surface area contributed by atoms with Gasteiger partial charge in [0.1, 0.15) is 16.6 Å². The average molecular weight is 381 g/mol. The zero-order chi connectivity index (χ0) is 18.8. The molecule has 0 saturated heterocycles. The Balaban J connectivity index is 1.45. The van der Waals surface area contributed by atoms with Crippen LogP contribution in [0.15, 0.2) is 57.7 Å². The van der Waals surface area contributed by atoms with E-state index in [2.05, 4.69) is 14.1 Å². The molecule has 8 nitrogen and oxygen atoms in total. The second-order valence-corrected chi connectivity index (χ2v) is 6.06. The van der Waals surface area contributed by atoms with Gasteiger partial charge in [0.2, 0.25) is 5.76 Å². The van der Waals surface area contributed by atoms with Crippen LogP contribution in [0.1, 0.15) is 10.6 Å². The average Bonchev–Trinajstić information content (AvgIpc) is 3.16. The lowest BCUT2D eigenvalue weighted by atomic mass is 10.2. The minimum Gasteiger partial charge on any atom is -0.450 e. The van der Waals surface area contributed by atoms with E-state index in [0.29, 0.717) is 22.1 Å². The highest BCUT2D eigenvalue weighted by Gasteiger charge is 2.16. The number of nitrogens with one attached hydrogen (secondary N) is 1. The highest BCUT2D eigenvalue weighted by atomic mass is 32.1. The van der Waals surface area contributed by atoms with Crippen molar-refractivity contribution in [2.45, 2.75) is 0 Å². The predicted octanol–water partition coefficient (Wildman–Crippen LogP) is 2.59. The number of benzene rings is 2. The van der Waals surface area contributed by atoms with Crippen molar-refractivity contribution in [3.63, 3.8) is 0 Å². The summed E-state index contributed by atoms with van der Waals surface area (Å²) in [7, 11) is 0. The number of hydrogen-bond acceptors (Lipinski definition) is 8. The number of para-hydroxylation sites is 1. The molecule has 1 N–H and O–H groups in total. The number of carbonyl (C=O) groups excluding carboxylic acids is 2. The summed E-state index contributed by atoms with van der Waals surface area (Å²) in [5, 5.41) is 2.97. The molecule has 0 bridgehead atoms. The molecule has 9 heteroatoms. The number of fused-ring (bicyclic) bond motifs is 2. The quantitative estimate of drug-likeness (QED) is 0.541. The number of anilines is 1. The number of nitrogens with zero attached hydrogens (tertiary/aromatic N) is 2. The highest BCUT2D eigenvalue weighted by Crippen LogP contribution is 2.21. The van der Waals surface area contributed by atoms with Gasteiger partial charge in [-0.05, 0) is 24.3 Å². The number of hydrogen-bond donors (Lipinski definition) is 1. The largest absolute Gasteiger partial charge is 0.450 e. The molecule has 2 aromatic heterocycles. The monoisotopic (exact) mass is 381 g/mol. The maximum Gasteiger partial charge on any atom is 0.374 e. The lowest BCUT2D eigenvalue weighted by Gasteiger charge is -2.07. The first-order valence-corrected chi connectivity index (χ1v) is 8.56. The van der Waals surface area contributed by atoms with Gasteiger partial charge in [-0.1, -0.05) is 18.2 Å². The van der Waals surface area contributed by atoms with E-state index in [9.17, 15) is 14.4 Å². The van der Waals surface area contributed by atoms with Crippen LogP contribution in [0.25, 0.3) is 22.0 Å². The van der Waals surface area contributed by atoms with Crippen molar-refractivity contribution < 1.29 is 18.7 Å². The highest BCUT2D eigenvalue weighted by molar-refractivity contribution is 7.00. The molecule has 2 heterocycles. The van der Waals surface area contributed by atoms with Gasteiger partial charge in [-0.15, -0.1) is 0 Å². The second kappa shape index (κ2) is 6.96. The summed E-state index contributed by atoms with van der Waals surface area (Å²) in [5.41, 5.74) is 1.59. The summed E-state index contributed by atoms with van der Waals surface area (Å²) in [4.78, 5) is 36.2. The Hall–Kier alpha value is -3.59. The number of amides is 1. The van der Waals surface area contributed by atoms with Crippen LogP contribution in [0.3, 0.4) is 0 Å². The van der Waals surface area contributed by atoms with Crippen molar-refractivity contribution in [2.75, 3.05) is 11.9 Å². The predicted molar refractivity (Wildman–Crippen MR) is 98.8 cm³/mol. The number of esters is 1. The molecule has 0 unspecified atom stereocenters. The summed E-state index contributed by atoms with van der Waals surface area (Å²) in [6.45, 7) is -0.538. The standard InChI is InChI=1S/C18H11N3O5S/c22-13-8-15(26-14-7-2-1-4-10(13)14)18(24)25-9-16(23)19-11-5-3-6-12-17(11)21-27-20-12/h1-8H,9H2,(H,19,23).